The van der Waals surface area contributed by atoms with Crippen molar-refractivity contribution in [2.75, 3.05) is 0 Å². The fraction of sp³-hybridized carbons (Fsp3) is 0.217. The number of aromatic amines is 1. The van der Waals surface area contributed by atoms with Crippen LogP contribution in [0.4, 0.5) is 0 Å². The molecule has 0 aliphatic rings. The quantitative estimate of drug-likeness (QED) is 0.585. The van der Waals surface area contributed by atoms with Crippen molar-refractivity contribution in [2.24, 2.45) is 0 Å². The third-order valence-corrected chi connectivity index (χ3v) is 5.17. The lowest BCUT2D eigenvalue weighted by Crippen LogP contribution is -2.22. The van der Waals surface area contributed by atoms with Gasteiger partial charge in [-0.1, -0.05) is 49.4 Å². The maximum absolute atomic E-state index is 13.3. The molecule has 2 aromatic heterocycles. The van der Waals surface area contributed by atoms with E-state index < -0.39 is 0 Å². The number of benzene rings is 2. The predicted octanol–water partition coefficient (Wildman–Crippen LogP) is 4.48. The Morgan fingerprint density at radius 1 is 0.963 bits per heavy atom. The third kappa shape index (κ3) is 3.08. The van der Waals surface area contributed by atoms with Crippen molar-refractivity contribution in [2.45, 2.75) is 33.6 Å². The van der Waals surface area contributed by atoms with Gasteiger partial charge < -0.3 is 4.98 Å². The lowest BCUT2D eigenvalue weighted by molar-refractivity contribution is 0.890. The molecular formula is C23H23N3O. The molecule has 0 amide bonds. The van der Waals surface area contributed by atoms with E-state index in [1.54, 1.807) is 4.57 Å². The topological polar surface area (TPSA) is 50.7 Å². The van der Waals surface area contributed by atoms with Crippen LogP contribution in [0.5, 0.6) is 0 Å². The van der Waals surface area contributed by atoms with Crippen molar-refractivity contribution in [3.8, 4) is 5.69 Å². The molecular weight excluding hydrogens is 334 g/mol. The maximum atomic E-state index is 13.3. The molecule has 27 heavy (non-hydrogen) atoms. The van der Waals surface area contributed by atoms with E-state index in [1.165, 1.54) is 11.1 Å². The van der Waals surface area contributed by atoms with Crippen LogP contribution in [0.3, 0.4) is 0 Å². The van der Waals surface area contributed by atoms with Gasteiger partial charge in [-0.3, -0.25) is 9.36 Å². The molecule has 2 aromatic carbocycles. The van der Waals surface area contributed by atoms with E-state index in [-0.39, 0.29) is 5.56 Å². The van der Waals surface area contributed by atoms with Gasteiger partial charge in [0, 0.05) is 12.1 Å². The molecule has 0 spiro atoms. The van der Waals surface area contributed by atoms with E-state index in [9.17, 15) is 4.79 Å². The molecule has 0 aliphatic heterocycles. The van der Waals surface area contributed by atoms with Gasteiger partial charge in [0.2, 0.25) is 0 Å². The molecule has 0 saturated heterocycles. The summed E-state index contributed by atoms with van der Waals surface area (Å²) in [7, 11) is 0. The largest absolute Gasteiger partial charge is 0.342 e. The van der Waals surface area contributed by atoms with Gasteiger partial charge in [-0.15, -0.1) is 0 Å². The molecule has 4 aromatic rings. The summed E-state index contributed by atoms with van der Waals surface area (Å²) in [6.45, 7) is 6.00. The lowest BCUT2D eigenvalue weighted by Gasteiger charge is -2.10. The van der Waals surface area contributed by atoms with Crippen molar-refractivity contribution in [3.63, 3.8) is 0 Å². The van der Waals surface area contributed by atoms with E-state index in [0.717, 1.165) is 29.8 Å². The third-order valence-electron chi connectivity index (χ3n) is 5.17. The van der Waals surface area contributed by atoms with Crippen LogP contribution in [0, 0.1) is 13.8 Å². The predicted molar refractivity (Wildman–Crippen MR) is 110 cm³/mol. The van der Waals surface area contributed by atoms with Gasteiger partial charge in [0.25, 0.3) is 5.56 Å². The van der Waals surface area contributed by atoms with Crippen LogP contribution in [0.25, 0.3) is 16.7 Å². The Balaban J connectivity index is 1.85. The summed E-state index contributed by atoms with van der Waals surface area (Å²) in [4.78, 5) is 21.3. The van der Waals surface area contributed by atoms with Crippen molar-refractivity contribution in [1.82, 2.24) is 14.5 Å². The average molecular weight is 357 g/mol. The molecule has 0 unspecified atom stereocenters. The Kier molecular flexibility index (Phi) is 4.40. The lowest BCUT2D eigenvalue weighted by atomic mass is 10.1. The summed E-state index contributed by atoms with van der Waals surface area (Å²) in [6.07, 6.45) is 1.73. The first kappa shape index (κ1) is 17.3. The first-order valence-electron chi connectivity index (χ1n) is 9.32. The fourth-order valence-corrected chi connectivity index (χ4v) is 3.61. The molecule has 4 heteroatoms. The number of fused-ring (bicyclic) bond motifs is 1. The molecule has 0 fully saturated rings. The number of nitrogens with one attached hydrogen (secondary N) is 1. The molecule has 0 radical (unpaired) electrons. The van der Waals surface area contributed by atoms with Crippen molar-refractivity contribution in [1.29, 1.82) is 0 Å². The first-order chi connectivity index (χ1) is 13.1. The summed E-state index contributed by atoms with van der Waals surface area (Å²) >= 11 is 0. The minimum absolute atomic E-state index is 0.0187. The van der Waals surface area contributed by atoms with Crippen LogP contribution < -0.4 is 5.56 Å². The number of aryl methyl sites for hydroxylation is 3. The zero-order valence-electron chi connectivity index (χ0n) is 15.9. The summed E-state index contributed by atoms with van der Waals surface area (Å²) in [6, 6.07) is 18.4. The second-order valence-electron chi connectivity index (χ2n) is 6.93. The van der Waals surface area contributed by atoms with Gasteiger partial charge in [-0.05, 0) is 49.1 Å². The molecule has 2 heterocycles. The van der Waals surface area contributed by atoms with Crippen LogP contribution in [0.15, 0.2) is 59.4 Å². The summed E-state index contributed by atoms with van der Waals surface area (Å²) in [5.74, 6) is 0.684. The second kappa shape index (κ2) is 6.88. The average Bonchev–Trinajstić information content (AvgIpc) is 2.98. The highest BCUT2D eigenvalue weighted by atomic mass is 16.1. The molecule has 0 saturated carbocycles. The number of H-pyrrole nitrogens is 1. The summed E-state index contributed by atoms with van der Waals surface area (Å²) in [5.41, 5.74) is 5.98. The van der Waals surface area contributed by atoms with E-state index >= 15 is 0 Å². The van der Waals surface area contributed by atoms with E-state index in [2.05, 4.69) is 41.2 Å². The highest BCUT2D eigenvalue weighted by Gasteiger charge is 2.17. The number of hydrogen-bond donors (Lipinski definition) is 1. The van der Waals surface area contributed by atoms with Crippen LogP contribution in [-0.4, -0.2) is 14.5 Å². The second-order valence-corrected chi connectivity index (χ2v) is 6.93. The number of aromatic nitrogens is 3. The SMILES string of the molecule is CCc1ccc(-n2c(C)nc3[nH]c(Cc4ccccc4)c(C)c3c2=O)cc1. The van der Waals surface area contributed by atoms with E-state index in [0.29, 0.717) is 16.9 Å². The molecule has 0 bridgehead atoms. The zero-order valence-corrected chi connectivity index (χ0v) is 15.9. The highest BCUT2D eigenvalue weighted by Crippen LogP contribution is 2.21. The smallest absolute Gasteiger partial charge is 0.267 e. The van der Waals surface area contributed by atoms with E-state index in [4.69, 9.17) is 0 Å². The van der Waals surface area contributed by atoms with Gasteiger partial charge in [0.05, 0.1) is 11.1 Å². The van der Waals surface area contributed by atoms with Crippen LogP contribution in [-0.2, 0) is 12.8 Å². The standard InChI is InChI=1S/C23H23N3O/c1-4-17-10-12-19(13-11-17)26-16(3)24-22-21(23(26)27)15(2)20(25-22)14-18-8-6-5-7-9-18/h5-13,25H,4,14H2,1-3H3. The monoisotopic (exact) mass is 357 g/mol. The van der Waals surface area contributed by atoms with E-state index in [1.807, 2.05) is 44.2 Å². The molecule has 1 N–H and O–H groups in total. The van der Waals surface area contributed by atoms with Crippen LogP contribution >= 0.6 is 0 Å². The molecule has 4 nitrogen and oxygen atoms in total. The Morgan fingerprint density at radius 2 is 1.67 bits per heavy atom. The zero-order chi connectivity index (χ0) is 19.0. The number of nitrogens with zero attached hydrogens (tertiary/aromatic N) is 2. The summed E-state index contributed by atoms with van der Waals surface area (Å²) < 4.78 is 1.70. The van der Waals surface area contributed by atoms with Gasteiger partial charge in [-0.2, -0.15) is 0 Å². The van der Waals surface area contributed by atoms with Gasteiger partial charge in [-0.25, -0.2) is 4.98 Å². The normalized spacial score (nSPS) is 11.2. The van der Waals surface area contributed by atoms with Crippen molar-refractivity contribution in [3.05, 3.63) is 93.2 Å². The van der Waals surface area contributed by atoms with Gasteiger partial charge in [0.15, 0.2) is 0 Å². The number of hydrogen-bond acceptors (Lipinski definition) is 2. The molecule has 0 aliphatic carbocycles. The highest BCUT2D eigenvalue weighted by molar-refractivity contribution is 5.80. The van der Waals surface area contributed by atoms with Crippen molar-refractivity contribution < 1.29 is 0 Å². The van der Waals surface area contributed by atoms with Gasteiger partial charge >= 0.3 is 0 Å². The molecule has 4 rings (SSSR count). The Morgan fingerprint density at radius 3 is 2.33 bits per heavy atom. The Hall–Kier alpha value is -3.14. The Labute approximate surface area is 158 Å². The maximum Gasteiger partial charge on any atom is 0.267 e. The van der Waals surface area contributed by atoms with Crippen LogP contribution in [0.2, 0.25) is 0 Å². The molecule has 0 atom stereocenters. The van der Waals surface area contributed by atoms with Crippen molar-refractivity contribution >= 4 is 11.0 Å². The van der Waals surface area contributed by atoms with Crippen LogP contribution in [0.1, 0.15) is 35.1 Å². The fourth-order valence-electron chi connectivity index (χ4n) is 3.61. The Bertz CT molecular complexity index is 1150. The molecule has 136 valence electrons. The first-order valence-corrected chi connectivity index (χ1v) is 9.32. The minimum atomic E-state index is -0.0187. The number of rotatable bonds is 4. The summed E-state index contributed by atoms with van der Waals surface area (Å²) in [5, 5.41) is 0.672. The minimum Gasteiger partial charge on any atom is -0.342 e. The van der Waals surface area contributed by atoms with Gasteiger partial charge in [0.1, 0.15) is 11.5 Å².